The van der Waals surface area contributed by atoms with E-state index in [1.807, 2.05) is 48.7 Å². The molecule has 0 spiro atoms. The number of para-hydroxylation sites is 1. The SMILES string of the molecule is CC1(NC(=O)/C=C/c2cn(-c3ccccc3)nc2-c2cccnc2)CCS(=O)(=O)C1. The molecule has 4 rings (SSSR count). The fourth-order valence-corrected chi connectivity index (χ4v) is 5.66. The molecule has 3 heterocycles. The second-order valence-electron chi connectivity index (χ2n) is 7.68. The van der Waals surface area contributed by atoms with E-state index in [0.717, 1.165) is 16.8 Å². The first kappa shape index (κ1) is 20.0. The zero-order valence-corrected chi connectivity index (χ0v) is 17.3. The van der Waals surface area contributed by atoms with Crippen LogP contribution in [0.4, 0.5) is 0 Å². The van der Waals surface area contributed by atoms with Gasteiger partial charge in [0.2, 0.25) is 5.91 Å². The van der Waals surface area contributed by atoms with E-state index in [1.165, 1.54) is 6.08 Å². The first-order chi connectivity index (χ1) is 14.3. The third-order valence-corrected chi connectivity index (χ3v) is 6.94. The highest BCUT2D eigenvalue weighted by molar-refractivity contribution is 7.91. The van der Waals surface area contributed by atoms with Crippen molar-refractivity contribution in [1.29, 1.82) is 0 Å². The number of carbonyl (C=O) groups excluding carboxylic acids is 1. The summed E-state index contributed by atoms with van der Waals surface area (Å²) in [6, 6.07) is 13.4. The molecule has 30 heavy (non-hydrogen) atoms. The standard InChI is InChI=1S/C22H22N4O3S/c1-22(11-13-30(28,29)16-22)24-20(27)10-9-18-15-26(19-7-3-2-4-8-19)25-21(18)17-6-5-12-23-14-17/h2-10,12,14-15H,11,13,16H2,1H3,(H,24,27)/b10-9+. The van der Waals surface area contributed by atoms with Crippen molar-refractivity contribution in [3.8, 4) is 16.9 Å². The summed E-state index contributed by atoms with van der Waals surface area (Å²) < 4.78 is 25.3. The molecule has 1 atom stereocenters. The number of nitrogens with one attached hydrogen (secondary N) is 1. The Bertz CT molecular complexity index is 1190. The number of carbonyl (C=O) groups is 1. The van der Waals surface area contributed by atoms with Crippen LogP contribution in [0, 0.1) is 0 Å². The molecule has 0 aliphatic carbocycles. The van der Waals surface area contributed by atoms with Gasteiger partial charge in [0.1, 0.15) is 5.69 Å². The maximum Gasteiger partial charge on any atom is 0.244 e. The minimum Gasteiger partial charge on any atom is -0.346 e. The third kappa shape index (κ3) is 4.49. The molecule has 8 heteroatoms. The monoisotopic (exact) mass is 422 g/mol. The zero-order valence-electron chi connectivity index (χ0n) is 16.5. The van der Waals surface area contributed by atoms with Gasteiger partial charge in [0, 0.05) is 35.8 Å². The van der Waals surface area contributed by atoms with Gasteiger partial charge in [-0.1, -0.05) is 18.2 Å². The van der Waals surface area contributed by atoms with Crippen molar-refractivity contribution in [1.82, 2.24) is 20.1 Å². The van der Waals surface area contributed by atoms with Gasteiger partial charge in [-0.3, -0.25) is 9.78 Å². The van der Waals surface area contributed by atoms with Crippen molar-refractivity contribution >= 4 is 21.8 Å². The van der Waals surface area contributed by atoms with Gasteiger partial charge in [0.25, 0.3) is 0 Å². The van der Waals surface area contributed by atoms with Gasteiger partial charge in [-0.2, -0.15) is 5.10 Å². The van der Waals surface area contributed by atoms with Crippen molar-refractivity contribution in [3.05, 3.63) is 72.7 Å². The van der Waals surface area contributed by atoms with Gasteiger partial charge in [-0.25, -0.2) is 13.1 Å². The lowest BCUT2D eigenvalue weighted by atomic mass is 10.0. The fraction of sp³-hybridized carbons (Fsp3) is 0.227. The first-order valence-electron chi connectivity index (χ1n) is 9.60. The normalized spacial score (nSPS) is 20.4. The van der Waals surface area contributed by atoms with E-state index in [-0.39, 0.29) is 17.4 Å². The highest BCUT2D eigenvalue weighted by Crippen LogP contribution is 2.25. The summed E-state index contributed by atoms with van der Waals surface area (Å²) in [7, 11) is -3.10. The lowest BCUT2D eigenvalue weighted by Gasteiger charge is -2.22. The Balaban J connectivity index is 1.61. The van der Waals surface area contributed by atoms with Crippen LogP contribution >= 0.6 is 0 Å². The molecule has 1 amide bonds. The average molecular weight is 423 g/mol. The highest BCUT2D eigenvalue weighted by Gasteiger charge is 2.39. The molecule has 1 N–H and O–H groups in total. The van der Waals surface area contributed by atoms with Crippen molar-refractivity contribution in [2.75, 3.05) is 11.5 Å². The summed E-state index contributed by atoms with van der Waals surface area (Å²) in [4.78, 5) is 16.6. The van der Waals surface area contributed by atoms with Crippen LogP contribution in [0.5, 0.6) is 0 Å². The molecule has 1 saturated heterocycles. The van der Waals surface area contributed by atoms with Gasteiger partial charge < -0.3 is 5.32 Å². The lowest BCUT2D eigenvalue weighted by molar-refractivity contribution is -0.117. The number of pyridine rings is 1. The Kier molecular flexibility index (Phi) is 5.26. The number of nitrogens with zero attached hydrogens (tertiary/aromatic N) is 3. The summed E-state index contributed by atoms with van der Waals surface area (Å²) in [5.74, 6) is -0.270. The molecule has 1 aliphatic heterocycles. The predicted molar refractivity (Wildman–Crippen MR) is 116 cm³/mol. The van der Waals surface area contributed by atoms with Crippen LogP contribution in [0.1, 0.15) is 18.9 Å². The molecule has 0 saturated carbocycles. The maximum atomic E-state index is 12.5. The summed E-state index contributed by atoms with van der Waals surface area (Å²) in [5, 5.41) is 7.51. The Hall–Kier alpha value is -3.26. The van der Waals surface area contributed by atoms with Gasteiger partial charge >= 0.3 is 0 Å². The van der Waals surface area contributed by atoms with E-state index >= 15 is 0 Å². The molecule has 0 radical (unpaired) electrons. The second kappa shape index (κ2) is 7.87. The van der Waals surface area contributed by atoms with Gasteiger partial charge in [0.15, 0.2) is 9.84 Å². The number of rotatable bonds is 5. The molecule has 2 aromatic heterocycles. The van der Waals surface area contributed by atoms with E-state index in [4.69, 9.17) is 0 Å². The van der Waals surface area contributed by atoms with Crippen LogP contribution in [-0.2, 0) is 14.6 Å². The van der Waals surface area contributed by atoms with Gasteiger partial charge in [-0.15, -0.1) is 0 Å². The van der Waals surface area contributed by atoms with Crippen LogP contribution in [0.25, 0.3) is 23.0 Å². The third-order valence-electron chi connectivity index (χ3n) is 5.04. The molecule has 3 aromatic rings. The molecule has 0 bridgehead atoms. The van der Waals surface area contributed by atoms with Crippen molar-refractivity contribution < 1.29 is 13.2 Å². The first-order valence-corrected chi connectivity index (χ1v) is 11.4. The van der Waals surface area contributed by atoms with Crippen LogP contribution in [0.3, 0.4) is 0 Å². The van der Waals surface area contributed by atoms with E-state index in [2.05, 4.69) is 15.4 Å². The average Bonchev–Trinajstić information content (AvgIpc) is 3.28. The predicted octanol–water partition coefficient (Wildman–Crippen LogP) is 2.64. The molecular formula is C22H22N4O3S. The van der Waals surface area contributed by atoms with Crippen molar-refractivity contribution in [2.24, 2.45) is 0 Å². The summed E-state index contributed by atoms with van der Waals surface area (Å²) in [5.41, 5.74) is 2.45. The number of aromatic nitrogens is 3. The van der Waals surface area contributed by atoms with Crippen LogP contribution < -0.4 is 5.32 Å². The number of amides is 1. The Morgan fingerprint density at radius 3 is 2.67 bits per heavy atom. The minimum atomic E-state index is -3.10. The molecule has 1 fully saturated rings. The minimum absolute atomic E-state index is 0.0353. The number of hydrogen-bond acceptors (Lipinski definition) is 5. The maximum absolute atomic E-state index is 12.5. The second-order valence-corrected chi connectivity index (χ2v) is 9.86. The van der Waals surface area contributed by atoms with Crippen LogP contribution in [0.15, 0.2) is 67.1 Å². The summed E-state index contributed by atoms with van der Waals surface area (Å²) in [6.45, 7) is 1.76. The molecule has 1 aliphatic rings. The van der Waals surface area contributed by atoms with E-state index in [0.29, 0.717) is 12.1 Å². The number of benzene rings is 1. The van der Waals surface area contributed by atoms with E-state index in [1.54, 1.807) is 30.1 Å². The Morgan fingerprint density at radius 1 is 1.20 bits per heavy atom. The van der Waals surface area contributed by atoms with Gasteiger partial charge in [0.05, 0.1) is 22.7 Å². The van der Waals surface area contributed by atoms with Crippen LogP contribution in [-0.4, -0.2) is 46.1 Å². The molecule has 1 unspecified atom stereocenters. The van der Waals surface area contributed by atoms with Crippen LogP contribution in [0.2, 0.25) is 0 Å². The number of hydrogen-bond donors (Lipinski definition) is 1. The van der Waals surface area contributed by atoms with Crippen molar-refractivity contribution in [2.45, 2.75) is 18.9 Å². The fourth-order valence-electron chi connectivity index (χ4n) is 3.56. The Morgan fingerprint density at radius 2 is 2.00 bits per heavy atom. The zero-order chi connectivity index (χ0) is 21.2. The smallest absolute Gasteiger partial charge is 0.244 e. The van der Waals surface area contributed by atoms with E-state index in [9.17, 15) is 13.2 Å². The largest absolute Gasteiger partial charge is 0.346 e. The number of sulfone groups is 1. The van der Waals surface area contributed by atoms with Gasteiger partial charge in [-0.05, 0) is 43.7 Å². The quantitative estimate of drug-likeness (QED) is 0.638. The van der Waals surface area contributed by atoms with Crippen molar-refractivity contribution in [3.63, 3.8) is 0 Å². The highest BCUT2D eigenvalue weighted by atomic mass is 32.2. The Labute approximate surface area is 175 Å². The molecular weight excluding hydrogens is 400 g/mol. The topological polar surface area (TPSA) is 93.9 Å². The molecule has 1 aromatic carbocycles. The molecule has 7 nitrogen and oxygen atoms in total. The summed E-state index contributed by atoms with van der Waals surface area (Å²) in [6.07, 6.45) is 8.79. The lowest BCUT2D eigenvalue weighted by Crippen LogP contribution is -2.46. The summed E-state index contributed by atoms with van der Waals surface area (Å²) >= 11 is 0. The molecule has 154 valence electrons. The van der Waals surface area contributed by atoms with E-state index < -0.39 is 15.4 Å².